The topological polar surface area (TPSA) is 67.1 Å². The summed E-state index contributed by atoms with van der Waals surface area (Å²) in [5.74, 6) is 0.813. The highest BCUT2D eigenvalue weighted by Gasteiger charge is 2.15. The number of rotatable bonds is 3. The van der Waals surface area contributed by atoms with Gasteiger partial charge in [0.1, 0.15) is 17.2 Å². The van der Waals surface area contributed by atoms with Crippen LogP contribution in [0.15, 0.2) is 36.9 Å². The molecule has 1 aliphatic rings. The standard InChI is InChI=1S/C16H18N6/c1-11-3-5-22-14(9-19-16(22)6-11)13-8-18-10-15(21-13)20-12-2-4-17-7-12/h3,5-6,8-10,12,17H,2,4,7H2,1H3,(H,20,21)/t12-/m1/s1. The van der Waals surface area contributed by atoms with Gasteiger partial charge < -0.3 is 10.6 Å². The van der Waals surface area contributed by atoms with E-state index in [1.807, 2.05) is 16.8 Å². The first-order chi connectivity index (χ1) is 10.8. The van der Waals surface area contributed by atoms with E-state index in [9.17, 15) is 0 Å². The van der Waals surface area contributed by atoms with Crippen molar-refractivity contribution in [3.63, 3.8) is 0 Å². The van der Waals surface area contributed by atoms with Crippen molar-refractivity contribution in [2.45, 2.75) is 19.4 Å². The maximum absolute atomic E-state index is 4.69. The molecule has 0 amide bonds. The van der Waals surface area contributed by atoms with Gasteiger partial charge in [-0.15, -0.1) is 0 Å². The molecule has 2 N–H and O–H groups in total. The fourth-order valence-electron chi connectivity index (χ4n) is 2.82. The average Bonchev–Trinajstić information content (AvgIpc) is 3.16. The molecule has 22 heavy (non-hydrogen) atoms. The van der Waals surface area contributed by atoms with Crippen LogP contribution in [0.25, 0.3) is 17.0 Å². The Morgan fingerprint density at radius 1 is 1.32 bits per heavy atom. The zero-order valence-corrected chi connectivity index (χ0v) is 12.5. The Kier molecular flexibility index (Phi) is 3.23. The van der Waals surface area contributed by atoms with E-state index >= 15 is 0 Å². The molecule has 0 aliphatic carbocycles. The van der Waals surface area contributed by atoms with E-state index < -0.39 is 0 Å². The van der Waals surface area contributed by atoms with Crippen LogP contribution in [-0.2, 0) is 0 Å². The van der Waals surface area contributed by atoms with Crippen LogP contribution in [-0.4, -0.2) is 38.5 Å². The van der Waals surface area contributed by atoms with Gasteiger partial charge in [0, 0.05) is 18.8 Å². The number of imidazole rings is 1. The molecule has 3 aromatic heterocycles. The van der Waals surface area contributed by atoms with E-state index in [2.05, 4.69) is 44.6 Å². The van der Waals surface area contributed by atoms with Crippen LogP contribution in [0.3, 0.4) is 0 Å². The van der Waals surface area contributed by atoms with E-state index in [-0.39, 0.29) is 0 Å². The summed E-state index contributed by atoms with van der Waals surface area (Å²) in [4.78, 5) is 13.5. The second-order valence-corrected chi connectivity index (χ2v) is 5.70. The lowest BCUT2D eigenvalue weighted by molar-refractivity contribution is 0.786. The first-order valence-corrected chi connectivity index (χ1v) is 7.53. The number of hydrogen-bond acceptors (Lipinski definition) is 5. The number of nitrogens with zero attached hydrogens (tertiary/aromatic N) is 4. The molecule has 6 nitrogen and oxygen atoms in total. The lowest BCUT2D eigenvalue weighted by Gasteiger charge is -2.12. The molecule has 1 aliphatic heterocycles. The molecular weight excluding hydrogens is 276 g/mol. The fraction of sp³-hybridized carbons (Fsp3) is 0.312. The zero-order chi connectivity index (χ0) is 14.9. The molecule has 1 saturated heterocycles. The van der Waals surface area contributed by atoms with Crippen molar-refractivity contribution in [2.24, 2.45) is 0 Å². The smallest absolute Gasteiger partial charge is 0.145 e. The molecule has 1 fully saturated rings. The molecule has 0 aromatic carbocycles. The summed E-state index contributed by atoms with van der Waals surface area (Å²) < 4.78 is 2.04. The first kappa shape index (κ1) is 13.2. The van der Waals surface area contributed by atoms with Gasteiger partial charge >= 0.3 is 0 Å². The fourth-order valence-corrected chi connectivity index (χ4v) is 2.82. The maximum atomic E-state index is 4.69. The normalized spacial score (nSPS) is 18.0. The van der Waals surface area contributed by atoms with Gasteiger partial charge in [0.2, 0.25) is 0 Å². The van der Waals surface area contributed by atoms with Crippen molar-refractivity contribution in [2.75, 3.05) is 18.4 Å². The van der Waals surface area contributed by atoms with Crippen molar-refractivity contribution in [1.82, 2.24) is 24.7 Å². The van der Waals surface area contributed by atoms with Gasteiger partial charge in [0.25, 0.3) is 0 Å². The predicted octanol–water partition coefficient (Wildman–Crippen LogP) is 1.87. The molecule has 0 bridgehead atoms. The molecule has 0 unspecified atom stereocenters. The van der Waals surface area contributed by atoms with E-state index in [4.69, 9.17) is 0 Å². The van der Waals surface area contributed by atoms with Gasteiger partial charge in [-0.25, -0.2) is 9.97 Å². The summed E-state index contributed by atoms with van der Waals surface area (Å²) in [6.07, 6.45) is 8.53. The van der Waals surface area contributed by atoms with Crippen LogP contribution in [0.1, 0.15) is 12.0 Å². The van der Waals surface area contributed by atoms with Gasteiger partial charge in [0.15, 0.2) is 0 Å². The molecule has 3 aromatic rings. The lowest BCUT2D eigenvalue weighted by Crippen LogP contribution is -2.22. The third-order valence-corrected chi connectivity index (χ3v) is 3.98. The molecule has 4 rings (SSSR count). The number of anilines is 1. The third kappa shape index (κ3) is 2.42. The summed E-state index contributed by atoms with van der Waals surface area (Å²) in [5, 5.41) is 6.77. The number of pyridine rings is 1. The monoisotopic (exact) mass is 294 g/mol. The predicted molar refractivity (Wildman–Crippen MR) is 85.9 cm³/mol. The van der Waals surface area contributed by atoms with Gasteiger partial charge in [-0.1, -0.05) is 0 Å². The Hall–Kier alpha value is -2.47. The van der Waals surface area contributed by atoms with Gasteiger partial charge in [-0.05, 0) is 37.6 Å². The maximum Gasteiger partial charge on any atom is 0.145 e. The van der Waals surface area contributed by atoms with Crippen molar-refractivity contribution in [3.8, 4) is 11.4 Å². The van der Waals surface area contributed by atoms with E-state index in [1.165, 1.54) is 5.56 Å². The molecule has 0 spiro atoms. The highest BCUT2D eigenvalue weighted by atomic mass is 15.1. The van der Waals surface area contributed by atoms with Crippen LogP contribution in [0, 0.1) is 6.92 Å². The molecular formula is C16H18N6. The minimum Gasteiger partial charge on any atom is -0.365 e. The van der Waals surface area contributed by atoms with Crippen LogP contribution >= 0.6 is 0 Å². The van der Waals surface area contributed by atoms with Crippen LogP contribution < -0.4 is 10.6 Å². The highest BCUT2D eigenvalue weighted by Crippen LogP contribution is 2.20. The third-order valence-electron chi connectivity index (χ3n) is 3.98. The van der Waals surface area contributed by atoms with Crippen LogP contribution in [0.2, 0.25) is 0 Å². The molecule has 4 heterocycles. The van der Waals surface area contributed by atoms with Crippen molar-refractivity contribution >= 4 is 11.5 Å². The molecule has 1 atom stereocenters. The van der Waals surface area contributed by atoms with Crippen LogP contribution in [0.5, 0.6) is 0 Å². The van der Waals surface area contributed by atoms with Gasteiger partial charge in [-0.3, -0.25) is 9.38 Å². The number of nitrogens with one attached hydrogen (secondary N) is 2. The quantitative estimate of drug-likeness (QED) is 0.772. The number of hydrogen-bond donors (Lipinski definition) is 2. The second-order valence-electron chi connectivity index (χ2n) is 5.70. The van der Waals surface area contributed by atoms with Crippen LogP contribution in [0.4, 0.5) is 5.82 Å². The van der Waals surface area contributed by atoms with Crippen molar-refractivity contribution in [3.05, 3.63) is 42.5 Å². The summed E-state index contributed by atoms with van der Waals surface area (Å²) in [6.45, 7) is 4.09. The number of fused-ring (bicyclic) bond motifs is 1. The Balaban J connectivity index is 1.68. The minimum absolute atomic E-state index is 0.425. The molecule has 112 valence electrons. The van der Waals surface area contributed by atoms with E-state index in [0.717, 1.165) is 42.4 Å². The first-order valence-electron chi connectivity index (χ1n) is 7.53. The van der Waals surface area contributed by atoms with Crippen molar-refractivity contribution < 1.29 is 0 Å². The molecule has 6 heteroatoms. The van der Waals surface area contributed by atoms with Crippen molar-refractivity contribution in [1.29, 1.82) is 0 Å². The molecule has 0 saturated carbocycles. The summed E-state index contributed by atoms with van der Waals surface area (Å²) in [5.41, 5.74) is 3.90. The second kappa shape index (κ2) is 5.38. The molecule has 0 radical (unpaired) electrons. The lowest BCUT2D eigenvalue weighted by atomic mass is 10.2. The summed E-state index contributed by atoms with van der Waals surface area (Å²) in [7, 11) is 0. The SMILES string of the molecule is Cc1ccn2c(-c3cncc(N[C@@H]4CCNC4)n3)cnc2c1. The average molecular weight is 294 g/mol. The minimum atomic E-state index is 0.425. The van der Waals surface area contributed by atoms with Gasteiger partial charge in [0.05, 0.1) is 24.3 Å². The Morgan fingerprint density at radius 2 is 2.27 bits per heavy atom. The zero-order valence-electron chi connectivity index (χ0n) is 12.5. The van der Waals surface area contributed by atoms with E-state index in [1.54, 1.807) is 12.4 Å². The number of aryl methyl sites for hydroxylation is 1. The van der Waals surface area contributed by atoms with E-state index in [0.29, 0.717) is 6.04 Å². The largest absolute Gasteiger partial charge is 0.365 e. The van der Waals surface area contributed by atoms with Gasteiger partial charge in [-0.2, -0.15) is 0 Å². The highest BCUT2D eigenvalue weighted by molar-refractivity contribution is 5.61. The Labute approximate surface area is 128 Å². The summed E-state index contributed by atoms with van der Waals surface area (Å²) >= 11 is 0. The Morgan fingerprint density at radius 3 is 3.14 bits per heavy atom. The number of aromatic nitrogens is 4. The summed E-state index contributed by atoms with van der Waals surface area (Å²) in [6, 6.07) is 4.55. The Bertz CT molecular complexity index is 803.